The lowest BCUT2D eigenvalue weighted by Gasteiger charge is -2.06. The molecule has 0 aliphatic heterocycles. The third-order valence-electron chi connectivity index (χ3n) is 2.38. The van der Waals surface area contributed by atoms with Crippen LogP contribution in [0.25, 0.3) is 0 Å². The number of aromatic nitrogens is 2. The molecule has 0 saturated heterocycles. The molecule has 7 heteroatoms. The van der Waals surface area contributed by atoms with Crippen molar-refractivity contribution in [3.05, 3.63) is 42.5 Å². The van der Waals surface area contributed by atoms with E-state index in [4.69, 9.17) is 4.74 Å². The van der Waals surface area contributed by atoms with Gasteiger partial charge in [0.2, 0.25) is 10.0 Å². The molecule has 96 valence electrons. The molecular formula is C11H13N3O3S. The highest BCUT2D eigenvalue weighted by Gasteiger charge is 2.13. The molecule has 0 saturated carbocycles. The molecule has 0 radical (unpaired) electrons. The third-order valence-corrected chi connectivity index (χ3v) is 3.79. The van der Waals surface area contributed by atoms with Gasteiger partial charge in [-0.2, -0.15) is 0 Å². The number of benzene rings is 1. The Labute approximate surface area is 105 Å². The van der Waals surface area contributed by atoms with Gasteiger partial charge in [-0.1, -0.05) is 0 Å². The smallest absolute Gasteiger partial charge is 0.240 e. The predicted octanol–water partition coefficient (Wildman–Crippen LogP) is 0.897. The van der Waals surface area contributed by atoms with Crippen molar-refractivity contribution in [2.75, 3.05) is 7.11 Å². The Morgan fingerprint density at radius 2 is 2.06 bits per heavy atom. The number of aromatic amines is 1. The summed E-state index contributed by atoms with van der Waals surface area (Å²) in [6.07, 6.45) is 3.06. The maximum Gasteiger partial charge on any atom is 0.240 e. The number of sulfonamides is 1. The second-order valence-electron chi connectivity index (χ2n) is 3.58. The van der Waals surface area contributed by atoms with Gasteiger partial charge in [-0.05, 0) is 24.3 Å². The summed E-state index contributed by atoms with van der Waals surface area (Å²) in [7, 11) is -1.99. The zero-order valence-corrected chi connectivity index (χ0v) is 10.6. The zero-order chi connectivity index (χ0) is 13.0. The van der Waals surface area contributed by atoms with Gasteiger partial charge in [-0.15, -0.1) is 0 Å². The lowest BCUT2D eigenvalue weighted by Crippen LogP contribution is -2.23. The number of hydrogen-bond donors (Lipinski definition) is 2. The first-order valence-corrected chi connectivity index (χ1v) is 6.71. The normalized spacial score (nSPS) is 11.4. The van der Waals surface area contributed by atoms with Gasteiger partial charge in [-0.25, -0.2) is 18.1 Å². The van der Waals surface area contributed by atoms with Gasteiger partial charge < -0.3 is 9.72 Å². The molecule has 0 atom stereocenters. The monoisotopic (exact) mass is 267 g/mol. The highest BCUT2D eigenvalue weighted by molar-refractivity contribution is 7.89. The highest BCUT2D eigenvalue weighted by Crippen LogP contribution is 2.15. The molecule has 2 aromatic rings. The standard InChI is InChI=1S/C11H13N3O3S/c1-17-10-2-4-11(5-3-10)18(15,16)14-7-9-6-12-8-13-9/h2-6,8,14H,7H2,1H3,(H,12,13). The Bertz CT molecular complexity index is 591. The second-order valence-corrected chi connectivity index (χ2v) is 5.34. The molecular weight excluding hydrogens is 254 g/mol. The molecule has 1 aromatic carbocycles. The van der Waals surface area contributed by atoms with E-state index >= 15 is 0 Å². The van der Waals surface area contributed by atoms with Gasteiger partial charge in [0, 0.05) is 11.9 Å². The minimum Gasteiger partial charge on any atom is -0.497 e. The van der Waals surface area contributed by atoms with E-state index in [0.717, 1.165) is 0 Å². The largest absolute Gasteiger partial charge is 0.497 e. The van der Waals surface area contributed by atoms with Crippen LogP contribution in [0, 0.1) is 0 Å². The summed E-state index contributed by atoms with van der Waals surface area (Å²) in [5, 5.41) is 0. The number of nitrogens with one attached hydrogen (secondary N) is 2. The Morgan fingerprint density at radius 3 is 2.61 bits per heavy atom. The quantitative estimate of drug-likeness (QED) is 0.843. The van der Waals surface area contributed by atoms with E-state index in [1.165, 1.54) is 25.6 Å². The molecule has 0 amide bonds. The topological polar surface area (TPSA) is 84.1 Å². The van der Waals surface area contributed by atoms with Crippen molar-refractivity contribution in [1.29, 1.82) is 0 Å². The summed E-state index contributed by atoms with van der Waals surface area (Å²) in [4.78, 5) is 6.83. The Hall–Kier alpha value is -1.86. The van der Waals surface area contributed by atoms with Crippen molar-refractivity contribution in [3.63, 3.8) is 0 Å². The minimum atomic E-state index is -3.51. The van der Waals surface area contributed by atoms with E-state index in [2.05, 4.69) is 14.7 Å². The van der Waals surface area contributed by atoms with E-state index in [-0.39, 0.29) is 11.4 Å². The van der Waals surface area contributed by atoms with Crippen molar-refractivity contribution in [2.24, 2.45) is 0 Å². The SMILES string of the molecule is COc1ccc(S(=O)(=O)NCc2cnc[nH]2)cc1. The zero-order valence-electron chi connectivity index (χ0n) is 9.75. The van der Waals surface area contributed by atoms with Crippen LogP contribution in [0.5, 0.6) is 5.75 Å². The van der Waals surface area contributed by atoms with Crippen LogP contribution < -0.4 is 9.46 Å². The van der Waals surface area contributed by atoms with Crippen LogP contribution in [0.1, 0.15) is 5.69 Å². The Balaban J connectivity index is 2.09. The van der Waals surface area contributed by atoms with Crippen molar-refractivity contribution < 1.29 is 13.2 Å². The molecule has 1 aromatic heterocycles. The highest BCUT2D eigenvalue weighted by atomic mass is 32.2. The van der Waals surface area contributed by atoms with Crippen LogP contribution in [0.15, 0.2) is 41.7 Å². The fourth-order valence-corrected chi connectivity index (χ4v) is 2.40. The minimum absolute atomic E-state index is 0.175. The van der Waals surface area contributed by atoms with Gasteiger partial charge in [0.15, 0.2) is 0 Å². The van der Waals surface area contributed by atoms with Gasteiger partial charge in [0.25, 0.3) is 0 Å². The maximum absolute atomic E-state index is 11.9. The maximum atomic E-state index is 11.9. The van der Waals surface area contributed by atoms with Crippen molar-refractivity contribution in [1.82, 2.24) is 14.7 Å². The number of methoxy groups -OCH3 is 1. The molecule has 0 aliphatic carbocycles. The number of ether oxygens (including phenoxy) is 1. The van der Waals surface area contributed by atoms with Crippen LogP contribution in [-0.4, -0.2) is 25.5 Å². The van der Waals surface area contributed by atoms with Crippen molar-refractivity contribution in [3.8, 4) is 5.75 Å². The van der Waals surface area contributed by atoms with Crippen molar-refractivity contribution >= 4 is 10.0 Å². The molecule has 0 spiro atoms. The number of H-pyrrole nitrogens is 1. The van der Waals surface area contributed by atoms with E-state index in [1.807, 2.05) is 0 Å². The van der Waals surface area contributed by atoms with E-state index in [0.29, 0.717) is 11.4 Å². The molecule has 2 rings (SSSR count). The summed E-state index contributed by atoms with van der Waals surface area (Å²) < 4.78 is 31.3. The van der Waals surface area contributed by atoms with E-state index < -0.39 is 10.0 Å². The molecule has 0 bridgehead atoms. The van der Waals surface area contributed by atoms with Gasteiger partial charge in [-0.3, -0.25) is 0 Å². The summed E-state index contributed by atoms with van der Waals surface area (Å²) in [5.41, 5.74) is 0.701. The first-order valence-electron chi connectivity index (χ1n) is 5.23. The van der Waals surface area contributed by atoms with Crippen LogP contribution in [0.3, 0.4) is 0 Å². The Morgan fingerprint density at radius 1 is 1.33 bits per heavy atom. The number of nitrogens with zero attached hydrogens (tertiary/aromatic N) is 1. The summed E-state index contributed by atoms with van der Waals surface area (Å²) in [5.74, 6) is 0.613. The number of hydrogen-bond acceptors (Lipinski definition) is 4. The molecule has 0 fully saturated rings. The first-order chi connectivity index (χ1) is 8.62. The molecule has 0 unspecified atom stereocenters. The lowest BCUT2D eigenvalue weighted by molar-refractivity contribution is 0.414. The fraction of sp³-hybridized carbons (Fsp3) is 0.182. The molecule has 18 heavy (non-hydrogen) atoms. The van der Waals surface area contributed by atoms with Crippen LogP contribution in [-0.2, 0) is 16.6 Å². The average Bonchev–Trinajstić information content (AvgIpc) is 2.90. The van der Waals surface area contributed by atoms with E-state index in [9.17, 15) is 8.42 Å². The van der Waals surface area contributed by atoms with Gasteiger partial charge in [0.1, 0.15) is 5.75 Å². The molecule has 2 N–H and O–H groups in total. The van der Waals surface area contributed by atoms with Gasteiger partial charge >= 0.3 is 0 Å². The summed E-state index contributed by atoms with van der Waals surface area (Å²) in [6, 6.07) is 6.19. The lowest BCUT2D eigenvalue weighted by atomic mass is 10.3. The first kappa shape index (κ1) is 12.6. The third kappa shape index (κ3) is 2.88. The summed E-state index contributed by atoms with van der Waals surface area (Å²) in [6.45, 7) is 0.175. The van der Waals surface area contributed by atoms with Crippen molar-refractivity contribution in [2.45, 2.75) is 11.4 Å². The molecule has 1 heterocycles. The second kappa shape index (κ2) is 5.19. The van der Waals surface area contributed by atoms with Gasteiger partial charge in [0.05, 0.1) is 24.9 Å². The number of imidazole rings is 1. The van der Waals surface area contributed by atoms with E-state index in [1.54, 1.807) is 18.3 Å². The number of rotatable bonds is 5. The predicted molar refractivity (Wildman–Crippen MR) is 65.6 cm³/mol. The molecule has 0 aliphatic rings. The molecule has 6 nitrogen and oxygen atoms in total. The summed E-state index contributed by atoms with van der Waals surface area (Å²) >= 11 is 0. The van der Waals surface area contributed by atoms with Crippen LogP contribution in [0.2, 0.25) is 0 Å². The fourth-order valence-electron chi connectivity index (χ4n) is 1.39. The average molecular weight is 267 g/mol. The van der Waals surface area contributed by atoms with Crippen LogP contribution >= 0.6 is 0 Å². The Kier molecular flexibility index (Phi) is 3.63. The van der Waals surface area contributed by atoms with Crippen LogP contribution in [0.4, 0.5) is 0 Å².